The molecule has 102 valence electrons. The van der Waals surface area contributed by atoms with Gasteiger partial charge in [0.15, 0.2) is 5.82 Å². The molecule has 0 aliphatic carbocycles. The van der Waals surface area contributed by atoms with Crippen LogP contribution in [0.2, 0.25) is 0 Å². The molecular weight excluding hydrogens is 262 g/mol. The van der Waals surface area contributed by atoms with Crippen molar-refractivity contribution in [1.29, 1.82) is 0 Å². The molecule has 2 aromatic rings. The number of aliphatic hydroxyl groups excluding tert-OH is 1. The molecule has 0 aliphatic heterocycles. The number of aryl methyl sites for hydroxylation is 1. The molecule has 1 unspecified atom stereocenters. The summed E-state index contributed by atoms with van der Waals surface area (Å²) in [5.74, 6) is 1.44. The third kappa shape index (κ3) is 4.05. The van der Waals surface area contributed by atoms with Gasteiger partial charge in [-0.3, -0.25) is 0 Å². The van der Waals surface area contributed by atoms with Gasteiger partial charge in [-0.1, -0.05) is 22.9 Å². The third-order valence-corrected chi connectivity index (χ3v) is 3.56. The Hall–Kier alpha value is -1.37. The van der Waals surface area contributed by atoms with Gasteiger partial charge < -0.3 is 15.4 Å². The number of hydrogen-bond donors (Lipinski definition) is 2. The predicted molar refractivity (Wildman–Crippen MR) is 73.7 cm³/mol. The maximum Gasteiger partial charge on any atom is 0.255 e. The Morgan fingerprint density at radius 1 is 1.47 bits per heavy atom. The molecule has 0 bridgehead atoms. The van der Waals surface area contributed by atoms with Gasteiger partial charge >= 0.3 is 0 Å². The molecule has 0 saturated carbocycles. The van der Waals surface area contributed by atoms with Gasteiger partial charge in [-0.2, -0.15) is 4.98 Å². The van der Waals surface area contributed by atoms with Crippen molar-refractivity contribution in [2.24, 2.45) is 5.73 Å². The van der Waals surface area contributed by atoms with Crippen LogP contribution >= 0.6 is 11.8 Å². The van der Waals surface area contributed by atoms with Crippen LogP contribution in [-0.2, 0) is 5.75 Å². The van der Waals surface area contributed by atoms with Crippen molar-refractivity contribution in [3.05, 3.63) is 41.5 Å². The molecule has 1 aromatic carbocycles. The van der Waals surface area contributed by atoms with Gasteiger partial charge in [0.05, 0.1) is 5.75 Å². The predicted octanol–water partition coefficient (Wildman–Crippen LogP) is 2.05. The van der Waals surface area contributed by atoms with Crippen LogP contribution in [0.1, 0.15) is 29.8 Å². The van der Waals surface area contributed by atoms with Crippen molar-refractivity contribution in [2.75, 3.05) is 6.54 Å². The van der Waals surface area contributed by atoms with Gasteiger partial charge in [-0.05, 0) is 32.0 Å². The van der Waals surface area contributed by atoms with Crippen LogP contribution in [0.4, 0.5) is 0 Å². The van der Waals surface area contributed by atoms with Crippen LogP contribution in [0.5, 0.6) is 0 Å². The van der Waals surface area contributed by atoms with Crippen molar-refractivity contribution >= 4 is 11.8 Å². The fourth-order valence-corrected chi connectivity index (χ4v) is 2.45. The van der Waals surface area contributed by atoms with E-state index in [0.29, 0.717) is 24.5 Å². The average molecular weight is 279 g/mol. The Balaban J connectivity index is 1.93. The Kier molecular flexibility index (Phi) is 4.95. The number of thioether (sulfide) groups is 1. The summed E-state index contributed by atoms with van der Waals surface area (Å²) in [6.07, 6.45) is -0.345. The first kappa shape index (κ1) is 14.0. The van der Waals surface area contributed by atoms with Crippen molar-refractivity contribution in [2.45, 2.75) is 30.1 Å². The summed E-state index contributed by atoms with van der Waals surface area (Å²) in [6, 6.07) is 8.22. The van der Waals surface area contributed by atoms with E-state index in [1.54, 1.807) is 11.8 Å². The molecule has 0 amide bonds. The molecule has 0 aliphatic rings. The topological polar surface area (TPSA) is 85.2 Å². The summed E-state index contributed by atoms with van der Waals surface area (Å²) in [5, 5.41) is 13.5. The number of benzene rings is 1. The van der Waals surface area contributed by atoms with Crippen LogP contribution < -0.4 is 5.73 Å². The second-order valence-electron chi connectivity index (χ2n) is 4.25. The molecule has 6 heteroatoms. The van der Waals surface area contributed by atoms with Crippen LogP contribution in [0, 0.1) is 6.92 Å². The number of nitrogens with two attached hydrogens (primary N) is 1. The average Bonchev–Trinajstić information content (AvgIpc) is 2.86. The molecule has 2 rings (SSSR count). The number of aromatic nitrogens is 2. The molecule has 0 saturated heterocycles. The highest BCUT2D eigenvalue weighted by Gasteiger charge is 2.15. The maximum atomic E-state index is 9.67. The Bertz CT molecular complexity index is 530. The minimum atomic E-state index is -0.768. The van der Waals surface area contributed by atoms with Crippen LogP contribution in [-0.4, -0.2) is 21.8 Å². The number of nitrogens with zero attached hydrogens (tertiary/aromatic N) is 2. The first-order valence-electron chi connectivity index (χ1n) is 6.09. The van der Waals surface area contributed by atoms with E-state index < -0.39 is 6.10 Å². The standard InChI is InChI=1S/C13H17N3O2S/c1-9-3-2-4-10(7-9)19-8-12-15-13(18-16-12)11(17)5-6-14/h2-4,7,11,17H,5-6,8,14H2,1H3. The fourth-order valence-electron chi connectivity index (χ4n) is 1.60. The molecule has 3 N–H and O–H groups in total. The van der Waals surface area contributed by atoms with Crippen LogP contribution in [0.3, 0.4) is 0 Å². The normalized spacial score (nSPS) is 12.6. The van der Waals surface area contributed by atoms with Gasteiger partial charge in [0.1, 0.15) is 6.10 Å². The molecule has 1 aromatic heterocycles. The number of rotatable bonds is 6. The summed E-state index contributed by atoms with van der Waals surface area (Å²) in [5.41, 5.74) is 6.59. The highest BCUT2D eigenvalue weighted by Crippen LogP contribution is 2.23. The first-order chi connectivity index (χ1) is 9.19. The second-order valence-corrected chi connectivity index (χ2v) is 5.30. The Labute approximate surface area is 116 Å². The lowest BCUT2D eigenvalue weighted by atomic mass is 10.2. The maximum absolute atomic E-state index is 9.67. The van der Waals surface area contributed by atoms with E-state index in [4.69, 9.17) is 10.3 Å². The molecular formula is C13H17N3O2S. The van der Waals surface area contributed by atoms with Gasteiger partial charge in [-0.15, -0.1) is 11.8 Å². The lowest BCUT2D eigenvalue weighted by Gasteiger charge is -2.01. The second kappa shape index (κ2) is 6.70. The molecule has 0 spiro atoms. The van der Waals surface area contributed by atoms with Crippen molar-refractivity contribution in [3.8, 4) is 0 Å². The van der Waals surface area contributed by atoms with Crippen molar-refractivity contribution in [3.63, 3.8) is 0 Å². The van der Waals surface area contributed by atoms with Crippen LogP contribution in [0.25, 0.3) is 0 Å². The minimum absolute atomic E-state index is 0.241. The van der Waals surface area contributed by atoms with Crippen molar-refractivity contribution in [1.82, 2.24) is 10.1 Å². The summed E-state index contributed by atoms with van der Waals surface area (Å²) < 4.78 is 5.01. The first-order valence-corrected chi connectivity index (χ1v) is 7.07. The fraction of sp³-hybridized carbons (Fsp3) is 0.385. The van der Waals surface area contributed by atoms with Crippen molar-refractivity contribution < 1.29 is 9.63 Å². The van der Waals surface area contributed by atoms with Gasteiger partial charge in [0, 0.05) is 4.90 Å². The van der Waals surface area contributed by atoms with Gasteiger partial charge in [0.25, 0.3) is 5.89 Å². The summed E-state index contributed by atoms with van der Waals surface area (Å²) in [4.78, 5) is 5.32. The van der Waals surface area contributed by atoms with Crippen LogP contribution in [0.15, 0.2) is 33.7 Å². The smallest absolute Gasteiger partial charge is 0.255 e. The van der Waals surface area contributed by atoms with E-state index in [0.717, 1.165) is 4.90 Å². The van der Waals surface area contributed by atoms with E-state index in [2.05, 4.69) is 29.2 Å². The summed E-state index contributed by atoms with van der Waals surface area (Å²) in [6.45, 7) is 2.44. The van der Waals surface area contributed by atoms with Gasteiger partial charge in [-0.25, -0.2) is 0 Å². The summed E-state index contributed by atoms with van der Waals surface area (Å²) >= 11 is 1.63. The van der Waals surface area contributed by atoms with E-state index >= 15 is 0 Å². The third-order valence-electron chi connectivity index (χ3n) is 2.57. The summed E-state index contributed by atoms with van der Waals surface area (Å²) in [7, 11) is 0. The zero-order valence-electron chi connectivity index (χ0n) is 10.7. The molecule has 5 nitrogen and oxygen atoms in total. The number of aliphatic hydroxyl groups is 1. The largest absolute Gasteiger partial charge is 0.383 e. The zero-order chi connectivity index (χ0) is 13.7. The molecule has 0 fully saturated rings. The van der Waals surface area contributed by atoms with E-state index in [1.165, 1.54) is 5.56 Å². The quantitative estimate of drug-likeness (QED) is 0.787. The monoisotopic (exact) mass is 279 g/mol. The molecule has 0 radical (unpaired) electrons. The van der Waals surface area contributed by atoms with Gasteiger partial charge in [0.2, 0.25) is 0 Å². The molecule has 19 heavy (non-hydrogen) atoms. The zero-order valence-corrected chi connectivity index (χ0v) is 11.6. The number of hydrogen-bond acceptors (Lipinski definition) is 6. The van der Waals surface area contributed by atoms with E-state index in [9.17, 15) is 5.11 Å². The molecule has 1 atom stereocenters. The Morgan fingerprint density at radius 2 is 2.32 bits per heavy atom. The highest BCUT2D eigenvalue weighted by atomic mass is 32.2. The SMILES string of the molecule is Cc1cccc(SCc2noc(C(O)CCN)n2)c1. The van der Waals surface area contributed by atoms with E-state index in [1.807, 2.05) is 12.1 Å². The Morgan fingerprint density at radius 3 is 3.05 bits per heavy atom. The van der Waals surface area contributed by atoms with E-state index in [-0.39, 0.29) is 5.89 Å². The highest BCUT2D eigenvalue weighted by molar-refractivity contribution is 7.98. The molecule has 1 heterocycles. The lowest BCUT2D eigenvalue weighted by molar-refractivity contribution is 0.127. The minimum Gasteiger partial charge on any atom is -0.383 e. The lowest BCUT2D eigenvalue weighted by Crippen LogP contribution is -2.06.